The molecule has 2 aromatic rings. The van der Waals surface area contributed by atoms with Crippen molar-refractivity contribution in [2.24, 2.45) is 0 Å². The first-order chi connectivity index (χ1) is 13.1. The molecule has 1 atom stereocenters. The molecule has 1 aromatic heterocycles. The van der Waals surface area contributed by atoms with Crippen LogP contribution < -0.4 is 4.74 Å². The van der Waals surface area contributed by atoms with Crippen molar-refractivity contribution in [1.82, 2.24) is 24.6 Å². The summed E-state index contributed by atoms with van der Waals surface area (Å²) >= 11 is 0. The second kappa shape index (κ2) is 7.64. The van der Waals surface area contributed by atoms with E-state index >= 15 is 0 Å². The van der Waals surface area contributed by atoms with E-state index in [0.717, 1.165) is 24.6 Å². The van der Waals surface area contributed by atoms with Crippen LogP contribution in [-0.2, 0) is 17.8 Å². The Morgan fingerprint density at radius 2 is 2.00 bits per heavy atom. The molecule has 0 radical (unpaired) electrons. The van der Waals surface area contributed by atoms with Crippen LogP contribution in [0.25, 0.3) is 0 Å². The fourth-order valence-electron chi connectivity index (χ4n) is 3.84. The van der Waals surface area contributed by atoms with Gasteiger partial charge in [0.1, 0.15) is 23.2 Å². The minimum atomic E-state index is -0.326. The van der Waals surface area contributed by atoms with Gasteiger partial charge in [-0.15, -0.1) is 10.2 Å². The van der Waals surface area contributed by atoms with Gasteiger partial charge in [-0.2, -0.15) is 0 Å². The number of hydrogen-bond acceptors (Lipinski definition) is 5. The van der Waals surface area contributed by atoms with Gasteiger partial charge >= 0.3 is 0 Å². The van der Waals surface area contributed by atoms with Crippen LogP contribution in [0.5, 0.6) is 5.75 Å². The standard InChI is InChI=1S/C19H24FN5O2/c1-23-9-2-3-16(23)19-22-21-17-8-10-24(11-12-25(17)19)18(26)13-27-15-6-4-14(20)5-7-15/h4-7,16H,2-3,8-13H2,1H3/t16-/m0/s1. The fraction of sp³-hybridized carbons (Fsp3) is 0.526. The molecule has 0 spiro atoms. The van der Waals surface area contributed by atoms with E-state index in [1.54, 1.807) is 4.90 Å². The van der Waals surface area contributed by atoms with E-state index in [4.69, 9.17) is 4.74 Å². The maximum absolute atomic E-state index is 12.9. The Labute approximate surface area is 157 Å². The Kier molecular flexibility index (Phi) is 5.07. The molecule has 1 aromatic carbocycles. The quantitative estimate of drug-likeness (QED) is 0.815. The lowest BCUT2D eigenvalue weighted by molar-refractivity contribution is -0.133. The summed E-state index contributed by atoms with van der Waals surface area (Å²) in [5.41, 5.74) is 0. The monoisotopic (exact) mass is 373 g/mol. The van der Waals surface area contributed by atoms with Crippen molar-refractivity contribution in [2.75, 3.05) is 33.3 Å². The van der Waals surface area contributed by atoms with Crippen LogP contribution in [0.4, 0.5) is 4.39 Å². The van der Waals surface area contributed by atoms with Gasteiger partial charge in [0.15, 0.2) is 6.61 Å². The molecule has 2 aliphatic rings. The predicted molar refractivity (Wildman–Crippen MR) is 96.8 cm³/mol. The number of benzene rings is 1. The number of likely N-dealkylation sites (tertiary alicyclic amines) is 1. The first-order valence-electron chi connectivity index (χ1n) is 9.40. The highest BCUT2D eigenvalue weighted by Crippen LogP contribution is 2.30. The van der Waals surface area contributed by atoms with Crippen molar-refractivity contribution in [3.63, 3.8) is 0 Å². The number of ether oxygens (including phenoxy) is 1. The molecule has 0 unspecified atom stereocenters. The van der Waals surface area contributed by atoms with Gasteiger partial charge in [0.25, 0.3) is 5.91 Å². The van der Waals surface area contributed by atoms with E-state index < -0.39 is 0 Å². The van der Waals surface area contributed by atoms with Crippen molar-refractivity contribution in [3.8, 4) is 5.75 Å². The summed E-state index contributed by atoms with van der Waals surface area (Å²) in [4.78, 5) is 16.7. The number of nitrogens with zero attached hydrogens (tertiary/aromatic N) is 5. The molecular formula is C19H24FN5O2. The Balaban J connectivity index is 1.37. The molecule has 0 bridgehead atoms. The van der Waals surface area contributed by atoms with Gasteiger partial charge in [-0.3, -0.25) is 9.69 Å². The van der Waals surface area contributed by atoms with Gasteiger partial charge < -0.3 is 14.2 Å². The average molecular weight is 373 g/mol. The zero-order valence-corrected chi connectivity index (χ0v) is 15.5. The predicted octanol–water partition coefficient (Wildman–Crippen LogP) is 1.65. The van der Waals surface area contributed by atoms with Crippen LogP contribution in [0.2, 0.25) is 0 Å². The van der Waals surface area contributed by atoms with Crippen molar-refractivity contribution in [3.05, 3.63) is 41.7 Å². The normalized spacial score (nSPS) is 20.4. The number of fused-ring (bicyclic) bond motifs is 1. The lowest BCUT2D eigenvalue weighted by Crippen LogP contribution is -2.37. The molecule has 0 N–H and O–H groups in total. The Hall–Kier alpha value is -2.48. The number of aromatic nitrogens is 3. The highest BCUT2D eigenvalue weighted by atomic mass is 19.1. The van der Waals surface area contributed by atoms with E-state index in [-0.39, 0.29) is 18.3 Å². The van der Waals surface area contributed by atoms with Gasteiger partial charge in [-0.25, -0.2) is 4.39 Å². The second-order valence-electron chi connectivity index (χ2n) is 7.14. The summed E-state index contributed by atoms with van der Waals surface area (Å²) in [6, 6.07) is 6.00. The maximum Gasteiger partial charge on any atom is 0.260 e. The molecule has 0 saturated carbocycles. The number of hydrogen-bond donors (Lipinski definition) is 0. The molecule has 3 heterocycles. The zero-order valence-electron chi connectivity index (χ0n) is 15.5. The lowest BCUT2D eigenvalue weighted by atomic mass is 10.2. The van der Waals surface area contributed by atoms with Gasteiger partial charge in [0, 0.05) is 26.1 Å². The summed E-state index contributed by atoms with van der Waals surface area (Å²) in [6.07, 6.45) is 2.96. The largest absolute Gasteiger partial charge is 0.484 e. The molecule has 2 aliphatic heterocycles. The number of rotatable bonds is 4. The number of amides is 1. The van der Waals surface area contributed by atoms with Gasteiger partial charge in [-0.05, 0) is 50.7 Å². The molecule has 1 fully saturated rings. The third kappa shape index (κ3) is 3.80. The first-order valence-corrected chi connectivity index (χ1v) is 9.40. The molecule has 4 rings (SSSR count). The SMILES string of the molecule is CN1CCC[C@H]1c1nnc2n1CCN(C(=O)COc1ccc(F)cc1)CC2. The summed E-state index contributed by atoms with van der Waals surface area (Å²) in [5.74, 6) is 2.05. The summed E-state index contributed by atoms with van der Waals surface area (Å²) in [6.45, 7) is 2.94. The number of halogens is 1. The lowest BCUT2D eigenvalue weighted by Gasteiger charge is -2.22. The zero-order chi connectivity index (χ0) is 18.8. The van der Waals surface area contributed by atoms with E-state index in [1.807, 2.05) is 0 Å². The van der Waals surface area contributed by atoms with Crippen LogP contribution in [0, 0.1) is 5.82 Å². The highest BCUT2D eigenvalue weighted by Gasteiger charge is 2.30. The molecule has 27 heavy (non-hydrogen) atoms. The van der Waals surface area contributed by atoms with Crippen molar-refractivity contribution < 1.29 is 13.9 Å². The van der Waals surface area contributed by atoms with E-state index in [9.17, 15) is 9.18 Å². The highest BCUT2D eigenvalue weighted by molar-refractivity contribution is 5.77. The maximum atomic E-state index is 12.9. The van der Waals surface area contributed by atoms with E-state index in [1.165, 1.54) is 30.7 Å². The van der Waals surface area contributed by atoms with Gasteiger partial charge in [0.2, 0.25) is 0 Å². The number of carbonyl (C=O) groups excluding carboxylic acids is 1. The van der Waals surface area contributed by atoms with E-state index in [2.05, 4.69) is 26.7 Å². The van der Waals surface area contributed by atoms with Crippen LogP contribution in [-0.4, -0.2) is 63.8 Å². The van der Waals surface area contributed by atoms with Crippen LogP contribution in [0.15, 0.2) is 24.3 Å². The van der Waals surface area contributed by atoms with Crippen LogP contribution in [0.3, 0.4) is 0 Å². The van der Waals surface area contributed by atoms with Crippen molar-refractivity contribution in [2.45, 2.75) is 31.8 Å². The Morgan fingerprint density at radius 1 is 1.19 bits per heavy atom. The van der Waals surface area contributed by atoms with E-state index in [0.29, 0.717) is 37.8 Å². The molecule has 0 aliphatic carbocycles. The summed E-state index contributed by atoms with van der Waals surface area (Å²) in [5, 5.41) is 8.81. The average Bonchev–Trinajstić information content (AvgIpc) is 3.20. The molecule has 144 valence electrons. The Bertz CT molecular complexity index is 807. The molecule has 8 heteroatoms. The minimum Gasteiger partial charge on any atom is -0.484 e. The third-order valence-corrected chi connectivity index (χ3v) is 5.40. The van der Waals surface area contributed by atoms with Gasteiger partial charge in [-0.1, -0.05) is 0 Å². The Morgan fingerprint density at radius 3 is 2.74 bits per heavy atom. The summed E-state index contributed by atoms with van der Waals surface area (Å²) < 4.78 is 20.6. The van der Waals surface area contributed by atoms with Gasteiger partial charge in [0.05, 0.1) is 6.04 Å². The van der Waals surface area contributed by atoms with Crippen molar-refractivity contribution in [1.29, 1.82) is 0 Å². The first kappa shape index (κ1) is 17.9. The molecular weight excluding hydrogens is 349 g/mol. The molecule has 7 nitrogen and oxygen atoms in total. The third-order valence-electron chi connectivity index (χ3n) is 5.40. The van der Waals surface area contributed by atoms with Crippen molar-refractivity contribution >= 4 is 5.91 Å². The smallest absolute Gasteiger partial charge is 0.260 e. The second-order valence-corrected chi connectivity index (χ2v) is 7.14. The molecule has 1 saturated heterocycles. The van der Waals surface area contributed by atoms with Crippen LogP contribution in [0.1, 0.15) is 30.5 Å². The summed E-state index contributed by atoms with van der Waals surface area (Å²) in [7, 11) is 2.12. The minimum absolute atomic E-state index is 0.0512. The topological polar surface area (TPSA) is 63.5 Å². The fourth-order valence-corrected chi connectivity index (χ4v) is 3.84. The molecule has 1 amide bonds. The number of carbonyl (C=O) groups is 1. The van der Waals surface area contributed by atoms with Crippen LogP contribution >= 0.6 is 0 Å².